The predicted octanol–water partition coefficient (Wildman–Crippen LogP) is -3.18. The molecule has 0 aliphatic carbocycles. The van der Waals surface area contributed by atoms with E-state index < -0.39 is 34.8 Å². The van der Waals surface area contributed by atoms with Gasteiger partial charge in [-0.2, -0.15) is 13.1 Å². The summed E-state index contributed by atoms with van der Waals surface area (Å²) in [7, 11) is -4.57. The Balaban J connectivity index is 2.73. The lowest BCUT2D eigenvalue weighted by molar-refractivity contribution is -0.208. The van der Waals surface area contributed by atoms with E-state index >= 15 is 0 Å². The number of aliphatic hydroxyl groups excluding tert-OH is 3. The molecule has 0 bridgehead atoms. The summed E-state index contributed by atoms with van der Waals surface area (Å²) in [6.45, 7) is -0.314. The fourth-order valence-corrected chi connectivity index (χ4v) is 1.71. The molecule has 8 nitrogen and oxygen atoms in total. The van der Waals surface area contributed by atoms with Gasteiger partial charge in [0.25, 0.3) is 0 Å². The third kappa shape index (κ3) is 2.85. The molecular weight excluding hydrogens is 218 g/mol. The number of ether oxygens (including phenoxy) is 1. The van der Waals surface area contributed by atoms with Gasteiger partial charge in [-0.15, -0.1) is 0 Å². The molecule has 1 fully saturated rings. The molecule has 0 aromatic heterocycles. The lowest BCUT2D eigenvalue weighted by Gasteiger charge is -2.34. The molecule has 84 valence electrons. The maximum Gasteiger partial charge on any atom is 0.333 e. The van der Waals surface area contributed by atoms with Crippen LogP contribution in [-0.4, -0.2) is 59.4 Å². The molecule has 1 rings (SSSR count). The molecule has 4 atom stereocenters. The second-order valence-electron chi connectivity index (χ2n) is 2.90. The maximum absolute atomic E-state index is 10.4. The van der Waals surface area contributed by atoms with Crippen molar-refractivity contribution in [3.63, 3.8) is 0 Å². The van der Waals surface area contributed by atoms with Crippen molar-refractivity contribution in [1.82, 2.24) is 4.72 Å². The van der Waals surface area contributed by atoms with E-state index in [2.05, 4.69) is 4.74 Å². The van der Waals surface area contributed by atoms with E-state index in [0.717, 1.165) is 0 Å². The highest BCUT2D eigenvalue weighted by Gasteiger charge is 2.39. The highest BCUT2D eigenvalue weighted by atomic mass is 32.2. The zero-order valence-corrected chi connectivity index (χ0v) is 7.75. The van der Waals surface area contributed by atoms with Gasteiger partial charge in [0.15, 0.2) is 6.29 Å². The van der Waals surface area contributed by atoms with Crippen molar-refractivity contribution in [2.24, 2.45) is 0 Å². The van der Waals surface area contributed by atoms with Crippen LogP contribution in [0.2, 0.25) is 0 Å². The first-order valence-corrected chi connectivity index (χ1v) is 5.16. The Morgan fingerprint density at radius 3 is 2.36 bits per heavy atom. The molecule has 1 heterocycles. The molecule has 1 aliphatic rings. The summed E-state index contributed by atoms with van der Waals surface area (Å²) in [6, 6.07) is -1.49. The van der Waals surface area contributed by atoms with Crippen LogP contribution >= 0.6 is 0 Å². The van der Waals surface area contributed by atoms with Crippen LogP contribution in [0.4, 0.5) is 0 Å². The first-order valence-electron chi connectivity index (χ1n) is 3.72. The van der Waals surface area contributed by atoms with Gasteiger partial charge in [-0.05, 0) is 0 Å². The SMILES string of the molecule is O=S(=O)(O)N[C@@H]1[C@@H](O)[C@H](O)CO[C@@H]1O. The molecule has 0 amide bonds. The summed E-state index contributed by atoms with van der Waals surface area (Å²) in [4.78, 5) is 0. The van der Waals surface area contributed by atoms with Crippen molar-refractivity contribution >= 4 is 10.3 Å². The van der Waals surface area contributed by atoms with E-state index in [1.54, 1.807) is 0 Å². The molecule has 9 heteroatoms. The average molecular weight is 229 g/mol. The summed E-state index contributed by atoms with van der Waals surface area (Å²) in [5, 5.41) is 27.4. The number of aliphatic hydroxyl groups is 3. The summed E-state index contributed by atoms with van der Waals surface area (Å²) in [6.07, 6.45) is -4.48. The summed E-state index contributed by atoms with van der Waals surface area (Å²) < 4.78 is 35.2. The quantitative estimate of drug-likeness (QED) is 0.315. The van der Waals surface area contributed by atoms with Crippen LogP contribution in [0.3, 0.4) is 0 Å². The van der Waals surface area contributed by atoms with Gasteiger partial charge in [-0.1, -0.05) is 0 Å². The monoisotopic (exact) mass is 229 g/mol. The average Bonchev–Trinajstić information content (AvgIpc) is 2.04. The molecule has 0 unspecified atom stereocenters. The van der Waals surface area contributed by atoms with E-state index in [-0.39, 0.29) is 6.61 Å². The van der Waals surface area contributed by atoms with E-state index in [0.29, 0.717) is 0 Å². The number of hydrogen-bond donors (Lipinski definition) is 5. The molecule has 14 heavy (non-hydrogen) atoms. The molecular formula is C5H11NO7S. The third-order valence-electron chi connectivity index (χ3n) is 1.79. The normalized spacial score (nSPS) is 39.7. The Hall–Kier alpha value is -0.290. The number of hydrogen-bond acceptors (Lipinski definition) is 6. The van der Waals surface area contributed by atoms with Crippen LogP contribution < -0.4 is 4.72 Å². The smallest absolute Gasteiger partial charge is 0.333 e. The van der Waals surface area contributed by atoms with Crippen molar-refractivity contribution in [2.75, 3.05) is 6.61 Å². The minimum absolute atomic E-state index is 0.314. The second kappa shape index (κ2) is 4.06. The molecule has 0 saturated carbocycles. The van der Waals surface area contributed by atoms with Crippen molar-refractivity contribution < 1.29 is 33.0 Å². The molecule has 1 saturated heterocycles. The van der Waals surface area contributed by atoms with Crippen LogP contribution in [0.5, 0.6) is 0 Å². The second-order valence-corrected chi connectivity index (χ2v) is 4.09. The fourth-order valence-electron chi connectivity index (χ4n) is 1.11. The van der Waals surface area contributed by atoms with Crippen molar-refractivity contribution in [3.05, 3.63) is 0 Å². The molecule has 5 N–H and O–H groups in total. The Bertz CT molecular complexity index is 290. The zero-order chi connectivity index (χ0) is 10.9. The molecule has 0 radical (unpaired) electrons. The van der Waals surface area contributed by atoms with Gasteiger partial charge >= 0.3 is 10.3 Å². The Morgan fingerprint density at radius 1 is 1.29 bits per heavy atom. The lowest BCUT2D eigenvalue weighted by Crippen LogP contribution is -2.60. The predicted molar refractivity (Wildman–Crippen MR) is 42.4 cm³/mol. The minimum atomic E-state index is -4.57. The lowest BCUT2D eigenvalue weighted by atomic mass is 10.0. The fraction of sp³-hybridized carbons (Fsp3) is 1.00. The van der Waals surface area contributed by atoms with Gasteiger partial charge in [0.05, 0.1) is 6.61 Å². The van der Waals surface area contributed by atoms with Gasteiger partial charge in [-0.3, -0.25) is 4.55 Å². The number of nitrogens with one attached hydrogen (secondary N) is 1. The highest BCUT2D eigenvalue weighted by molar-refractivity contribution is 7.83. The van der Waals surface area contributed by atoms with E-state index in [9.17, 15) is 13.5 Å². The van der Waals surface area contributed by atoms with Gasteiger partial charge in [0, 0.05) is 0 Å². The van der Waals surface area contributed by atoms with Gasteiger partial charge in [0.2, 0.25) is 0 Å². The summed E-state index contributed by atoms with van der Waals surface area (Å²) in [5.74, 6) is 0. The van der Waals surface area contributed by atoms with E-state index in [4.69, 9.17) is 14.8 Å². The molecule has 1 aliphatic heterocycles. The zero-order valence-electron chi connectivity index (χ0n) is 6.94. The highest BCUT2D eigenvalue weighted by Crippen LogP contribution is 2.14. The summed E-state index contributed by atoms with van der Waals surface area (Å²) in [5.41, 5.74) is 0. The number of rotatable bonds is 2. The standard InChI is InChI=1S/C5H11NO7S/c7-2-1-13-5(9)3(4(2)8)6-14(10,11)12/h2-9H,1H2,(H,10,11,12)/t2-,3-,4+,5+/m1/s1. The molecule has 0 spiro atoms. The van der Waals surface area contributed by atoms with Crippen molar-refractivity contribution in [1.29, 1.82) is 0 Å². The minimum Gasteiger partial charge on any atom is -0.388 e. The van der Waals surface area contributed by atoms with E-state index in [1.807, 2.05) is 0 Å². The molecule has 0 aromatic rings. The van der Waals surface area contributed by atoms with Crippen LogP contribution in [0.25, 0.3) is 0 Å². The van der Waals surface area contributed by atoms with Crippen LogP contribution in [0, 0.1) is 0 Å². The Labute approximate surface area is 80.0 Å². The molecule has 0 aromatic carbocycles. The van der Waals surface area contributed by atoms with Gasteiger partial charge < -0.3 is 20.1 Å². The summed E-state index contributed by atoms with van der Waals surface area (Å²) >= 11 is 0. The van der Waals surface area contributed by atoms with Crippen molar-refractivity contribution in [3.8, 4) is 0 Å². The Kier molecular flexibility index (Phi) is 3.42. The van der Waals surface area contributed by atoms with Crippen LogP contribution in [0.15, 0.2) is 0 Å². The first kappa shape index (κ1) is 11.8. The largest absolute Gasteiger partial charge is 0.388 e. The Morgan fingerprint density at radius 2 is 1.86 bits per heavy atom. The van der Waals surface area contributed by atoms with Crippen molar-refractivity contribution in [2.45, 2.75) is 24.5 Å². The van der Waals surface area contributed by atoms with E-state index in [1.165, 1.54) is 4.72 Å². The van der Waals surface area contributed by atoms with Crippen LogP contribution in [0.1, 0.15) is 0 Å². The van der Waals surface area contributed by atoms with Gasteiger partial charge in [0.1, 0.15) is 18.2 Å². The topological polar surface area (TPSA) is 136 Å². The third-order valence-corrected chi connectivity index (χ3v) is 2.36. The van der Waals surface area contributed by atoms with Gasteiger partial charge in [-0.25, -0.2) is 0 Å². The first-order chi connectivity index (χ1) is 6.31. The van der Waals surface area contributed by atoms with Crippen LogP contribution in [-0.2, 0) is 15.0 Å². The maximum atomic E-state index is 10.4.